The van der Waals surface area contributed by atoms with E-state index in [1.54, 1.807) is 0 Å². The maximum atomic E-state index is 12.6. The summed E-state index contributed by atoms with van der Waals surface area (Å²) in [4.78, 5) is 25.4. The zero-order chi connectivity index (χ0) is 17.5. The summed E-state index contributed by atoms with van der Waals surface area (Å²) >= 11 is 3.38. The molecule has 0 heterocycles. The molecular weight excluding hydrogens is 374 g/mol. The van der Waals surface area contributed by atoms with Gasteiger partial charge in [-0.3, -0.25) is 9.59 Å². The molecule has 5 nitrogen and oxygen atoms in total. The van der Waals surface area contributed by atoms with Crippen molar-refractivity contribution < 1.29 is 19.4 Å². The van der Waals surface area contributed by atoms with Crippen molar-refractivity contribution >= 4 is 27.8 Å². The highest BCUT2D eigenvalue weighted by atomic mass is 79.9. The maximum absolute atomic E-state index is 12.6. The van der Waals surface area contributed by atoms with Crippen molar-refractivity contribution in [1.29, 1.82) is 0 Å². The summed E-state index contributed by atoms with van der Waals surface area (Å²) in [5.74, 6) is -0.168. The Bertz CT molecular complexity index is 553. The van der Waals surface area contributed by atoms with Crippen molar-refractivity contribution in [2.24, 2.45) is 11.8 Å². The van der Waals surface area contributed by atoms with Gasteiger partial charge in [-0.15, -0.1) is 0 Å². The fourth-order valence-electron chi connectivity index (χ4n) is 3.07. The number of carbonyl (C=O) groups excluding carboxylic acids is 1. The topological polar surface area (TPSA) is 66.8 Å². The van der Waals surface area contributed by atoms with Crippen LogP contribution in [0.3, 0.4) is 0 Å². The molecule has 1 aliphatic carbocycles. The summed E-state index contributed by atoms with van der Waals surface area (Å²) < 4.78 is 6.68. The van der Waals surface area contributed by atoms with Crippen LogP contribution in [0.5, 0.6) is 5.75 Å². The number of benzene rings is 1. The number of carbonyl (C=O) groups is 2. The Labute approximate surface area is 151 Å². The molecule has 0 spiro atoms. The van der Waals surface area contributed by atoms with E-state index in [-0.39, 0.29) is 17.7 Å². The Hall–Kier alpha value is -1.56. The SMILES string of the molecule is CCN(CCOc1ccc(Br)cc1)C(=O)C1CCC(C(=O)O)CC1. The van der Waals surface area contributed by atoms with Crippen molar-refractivity contribution in [3.8, 4) is 5.75 Å². The number of carboxylic acid groups (broad SMARTS) is 1. The Morgan fingerprint density at radius 2 is 1.75 bits per heavy atom. The number of hydrogen-bond donors (Lipinski definition) is 1. The number of likely N-dealkylation sites (N-methyl/N-ethyl adjacent to an activating group) is 1. The van der Waals surface area contributed by atoms with Gasteiger partial charge in [0, 0.05) is 16.9 Å². The van der Waals surface area contributed by atoms with Gasteiger partial charge in [0.25, 0.3) is 0 Å². The Balaban J connectivity index is 1.79. The summed E-state index contributed by atoms with van der Waals surface area (Å²) in [6.45, 7) is 3.59. The van der Waals surface area contributed by atoms with Crippen LogP contribution in [-0.2, 0) is 9.59 Å². The van der Waals surface area contributed by atoms with Gasteiger partial charge in [0.1, 0.15) is 12.4 Å². The quantitative estimate of drug-likeness (QED) is 0.763. The molecule has 1 fully saturated rings. The third-order valence-corrected chi connectivity index (χ3v) is 5.09. The van der Waals surface area contributed by atoms with Gasteiger partial charge in [-0.1, -0.05) is 15.9 Å². The lowest BCUT2D eigenvalue weighted by Gasteiger charge is -2.30. The summed E-state index contributed by atoms with van der Waals surface area (Å²) in [7, 11) is 0. The van der Waals surface area contributed by atoms with Crippen LogP contribution in [0.2, 0.25) is 0 Å². The van der Waals surface area contributed by atoms with Gasteiger partial charge >= 0.3 is 5.97 Å². The van der Waals surface area contributed by atoms with Gasteiger partial charge in [0.2, 0.25) is 5.91 Å². The van der Waals surface area contributed by atoms with E-state index in [2.05, 4.69) is 15.9 Å². The smallest absolute Gasteiger partial charge is 0.306 e. The second-order valence-corrected chi connectivity index (χ2v) is 7.02. The second kappa shape index (κ2) is 9.06. The molecule has 0 aromatic heterocycles. The average Bonchev–Trinajstić information content (AvgIpc) is 2.60. The number of halogens is 1. The van der Waals surface area contributed by atoms with E-state index >= 15 is 0 Å². The van der Waals surface area contributed by atoms with Crippen LogP contribution in [0.15, 0.2) is 28.7 Å². The van der Waals surface area contributed by atoms with Gasteiger partial charge < -0.3 is 14.7 Å². The zero-order valence-corrected chi connectivity index (χ0v) is 15.5. The highest BCUT2D eigenvalue weighted by molar-refractivity contribution is 9.10. The van der Waals surface area contributed by atoms with E-state index in [4.69, 9.17) is 9.84 Å². The molecule has 1 aromatic rings. The lowest BCUT2D eigenvalue weighted by Crippen LogP contribution is -2.40. The zero-order valence-electron chi connectivity index (χ0n) is 13.9. The lowest BCUT2D eigenvalue weighted by molar-refractivity contribution is -0.145. The van der Waals surface area contributed by atoms with Crippen LogP contribution in [0.25, 0.3) is 0 Å². The molecule has 0 unspecified atom stereocenters. The minimum atomic E-state index is -0.740. The van der Waals surface area contributed by atoms with Gasteiger partial charge in [0.05, 0.1) is 12.5 Å². The minimum Gasteiger partial charge on any atom is -0.492 e. The van der Waals surface area contributed by atoms with Crippen molar-refractivity contribution in [2.75, 3.05) is 19.7 Å². The number of ether oxygens (including phenoxy) is 1. The predicted octanol–water partition coefficient (Wildman–Crippen LogP) is 3.57. The Morgan fingerprint density at radius 1 is 1.17 bits per heavy atom. The third kappa shape index (κ3) is 5.23. The van der Waals surface area contributed by atoms with Crippen LogP contribution in [0.4, 0.5) is 0 Å². The van der Waals surface area contributed by atoms with Crippen molar-refractivity contribution in [2.45, 2.75) is 32.6 Å². The molecule has 1 amide bonds. The molecular formula is C18H24BrNO4. The molecule has 6 heteroatoms. The van der Waals surface area contributed by atoms with E-state index in [1.165, 1.54) is 0 Å². The first-order valence-electron chi connectivity index (χ1n) is 8.41. The van der Waals surface area contributed by atoms with Crippen LogP contribution in [0, 0.1) is 11.8 Å². The second-order valence-electron chi connectivity index (χ2n) is 6.11. The van der Waals surface area contributed by atoms with E-state index in [0.717, 1.165) is 10.2 Å². The first-order chi connectivity index (χ1) is 11.5. The van der Waals surface area contributed by atoms with Gasteiger partial charge in [-0.05, 0) is 56.9 Å². The average molecular weight is 398 g/mol. The van der Waals surface area contributed by atoms with E-state index < -0.39 is 5.97 Å². The molecule has 1 saturated carbocycles. The molecule has 132 valence electrons. The Morgan fingerprint density at radius 3 is 2.29 bits per heavy atom. The Kier molecular flexibility index (Phi) is 7.09. The molecule has 1 aromatic carbocycles. The van der Waals surface area contributed by atoms with Crippen LogP contribution in [0.1, 0.15) is 32.6 Å². The highest BCUT2D eigenvalue weighted by Crippen LogP contribution is 2.30. The first-order valence-corrected chi connectivity index (χ1v) is 9.20. The van der Waals surface area contributed by atoms with E-state index in [9.17, 15) is 9.59 Å². The predicted molar refractivity (Wildman–Crippen MR) is 95.0 cm³/mol. The third-order valence-electron chi connectivity index (χ3n) is 4.56. The van der Waals surface area contributed by atoms with Crippen LogP contribution < -0.4 is 4.74 Å². The largest absolute Gasteiger partial charge is 0.492 e. The number of aliphatic carboxylic acids is 1. The van der Waals surface area contributed by atoms with Gasteiger partial charge in [0.15, 0.2) is 0 Å². The molecule has 0 radical (unpaired) electrons. The minimum absolute atomic E-state index is 0.0479. The fourth-order valence-corrected chi connectivity index (χ4v) is 3.34. The monoisotopic (exact) mass is 397 g/mol. The summed E-state index contributed by atoms with van der Waals surface area (Å²) in [5, 5.41) is 9.05. The fraction of sp³-hybridized carbons (Fsp3) is 0.556. The van der Waals surface area contributed by atoms with Crippen LogP contribution in [-0.4, -0.2) is 41.6 Å². The summed E-state index contributed by atoms with van der Waals surface area (Å²) in [5.41, 5.74) is 0. The normalized spacial score (nSPS) is 20.4. The standard InChI is InChI=1S/C18H24BrNO4/c1-2-20(11-12-24-16-9-7-15(19)8-10-16)17(21)13-3-5-14(6-4-13)18(22)23/h7-10,13-14H,2-6,11-12H2,1H3,(H,22,23). The highest BCUT2D eigenvalue weighted by Gasteiger charge is 2.31. The molecule has 24 heavy (non-hydrogen) atoms. The number of rotatable bonds is 7. The molecule has 2 rings (SSSR count). The van der Waals surface area contributed by atoms with Crippen molar-refractivity contribution in [1.82, 2.24) is 4.90 Å². The van der Waals surface area contributed by atoms with E-state index in [1.807, 2.05) is 36.1 Å². The van der Waals surface area contributed by atoms with E-state index in [0.29, 0.717) is 45.4 Å². The molecule has 1 aliphatic rings. The number of carboxylic acids is 1. The summed E-state index contributed by atoms with van der Waals surface area (Å²) in [6.07, 6.45) is 2.52. The summed E-state index contributed by atoms with van der Waals surface area (Å²) in [6, 6.07) is 7.60. The first kappa shape index (κ1) is 18.8. The molecule has 0 aliphatic heterocycles. The molecule has 0 saturated heterocycles. The molecule has 0 bridgehead atoms. The number of amides is 1. The molecule has 0 atom stereocenters. The number of nitrogens with zero attached hydrogens (tertiary/aromatic N) is 1. The molecule has 1 N–H and O–H groups in total. The van der Waals surface area contributed by atoms with Gasteiger partial charge in [-0.2, -0.15) is 0 Å². The number of hydrogen-bond acceptors (Lipinski definition) is 3. The van der Waals surface area contributed by atoms with Gasteiger partial charge in [-0.25, -0.2) is 0 Å². The van der Waals surface area contributed by atoms with Crippen molar-refractivity contribution in [3.63, 3.8) is 0 Å². The lowest BCUT2D eigenvalue weighted by atomic mass is 9.81. The van der Waals surface area contributed by atoms with Crippen LogP contribution >= 0.6 is 15.9 Å². The maximum Gasteiger partial charge on any atom is 0.306 e. The van der Waals surface area contributed by atoms with Crippen molar-refractivity contribution in [3.05, 3.63) is 28.7 Å².